The number of anilines is 2. The van der Waals surface area contributed by atoms with Crippen molar-refractivity contribution in [3.8, 4) is 11.3 Å². The van der Waals surface area contributed by atoms with Gasteiger partial charge in [-0.25, -0.2) is 4.98 Å². The lowest BCUT2D eigenvalue weighted by molar-refractivity contribution is 0.210. The van der Waals surface area contributed by atoms with Gasteiger partial charge >= 0.3 is 0 Å². The van der Waals surface area contributed by atoms with Crippen LogP contribution in [0.5, 0.6) is 0 Å². The van der Waals surface area contributed by atoms with Crippen molar-refractivity contribution in [2.75, 3.05) is 37.1 Å². The minimum atomic E-state index is -0.0154. The van der Waals surface area contributed by atoms with E-state index in [2.05, 4.69) is 62.2 Å². The van der Waals surface area contributed by atoms with Crippen molar-refractivity contribution in [1.29, 1.82) is 0 Å². The molecule has 28 heavy (non-hydrogen) atoms. The van der Waals surface area contributed by atoms with Crippen molar-refractivity contribution in [3.63, 3.8) is 0 Å². The van der Waals surface area contributed by atoms with E-state index in [4.69, 9.17) is 4.98 Å². The van der Waals surface area contributed by atoms with Crippen LogP contribution in [0.4, 0.5) is 11.5 Å². The summed E-state index contributed by atoms with van der Waals surface area (Å²) in [6.45, 7) is 11.5. The standard InChI is InChI=1S/C23H34N4O/c1-17(26-13-6-7-14-26)18-9-8-10-19(15-18)20-11-12-21(22(24-5)25-20)27(28)16-23(2,3)4/h8-12,15,17,28H,6-7,13-14,16H2,1-5H3,(H,24,25). The van der Waals surface area contributed by atoms with E-state index in [1.165, 1.54) is 36.6 Å². The maximum Gasteiger partial charge on any atom is 0.152 e. The molecule has 1 unspecified atom stereocenters. The van der Waals surface area contributed by atoms with E-state index in [1.807, 2.05) is 19.2 Å². The second-order valence-electron chi connectivity index (χ2n) is 8.98. The highest BCUT2D eigenvalue weighted by Crippen LogP contribution is 2.31. The van der Waals surface area contributed by atoms with Crippen molar-refractivity contribution < 1.29 is 5.21 Å². The molecule has 1 saturated heterocycles. The summed E-state index contributed by atoms with van der Waals surface area (Å²) in [6, 6.07) is 13.0. The van der Waals surface area contributed by atoms with Gasteiger partial charge in [0.2, 0.25) is 0 Å². The molecule has 0 aliphatic carbocycles. The molecule has 2 aromatic rings. The molecule has 1 aromatic heterocycles. The first kappa shape index (κ1) is 20.6. The Morgan fingerprint density at radius 1 is 1.18 bits per heavy atom. The minimum Gasteiger partial charge on any atom is -0.371 e. The third-order valence-corrected chi connectivity index (χ3v) is 5.37. The number of hydrogen-bond acceptors (Lipinski definition) is 5. The largest absolute Gasteiger partial charge is 0.371 e. The fraction of sp³-hybridized carbons (Fsp3) is 0.522. The molecule has 152 valence electrons. The van der Waals surface area contributed by atoms with E-state index >= 15 is 0 Å². The van der Waals surface area contributed by atoms with E-state index in [1.54, 1.807) is 0 Å². The zero-order valence-electron chi connectivity index (χ0n) is 17.9. The second-order valence-corrected chi connectivity index (χ2v) is 8.98. The van der Waals surface area contributed by atoms with Crippen molar-refractivity contribution in [2.24, 2.45) is 5.41 Å². The van der Waals surface area contributed by atoms with Crippen molar-refractivity contribution in [3.05, 3.63) is 42.0 Å². The summed E-state index contributed by atoms with van der Waals surface area (Å²) in [5.74, 6) is 0.683. The number of hydrogen-bond donors (Lipinski definition) is 2. The molecule has 5 heteroatoms. The fourth-order valence-electron chi connectivity index (χ4n) is 3.84. The molecule has 5 nitrogen and oxygen atoms in total. The number of benzene rings is 1. The summed E-state index contributed by atoms with van der Waals surface area (Å²) < 4.78 is 0. The van der Waals surface area contributed by atoms with Gasteiger partial charge in [-0.05, 0) is 62.0 Å². The average molecular weight is 383 g/mol. The van der Waals surface area contributed by atoms with Gasteiger partial charge in [0.1, 0.15) is 5.69 Å². The van der Waals surface area contributed by atoms with Gasteiger partial charge in [0.15, 0.2) is 5.82 Å². The van der Waals surface area contributed by atoms with Crippen LogP contribution in [0.25, 0.3) is 11.3 Å². The zero-order valence-corrected chi connectivity index (χ0v) is 17.9. The summed E-state index contributed by atoms with van der Waals surface area (Å²) >= 11 is 0. The maximum absolute atomic E-state index is 10.5. The van der Waals surface area contributed by atoms with Crippen LogP contribution in [0.15, 0.2) is 36.4 Å². The molecular weight excluding hydrogens is 348 g/mol. The number of likely N-dealkylation sites (tertiary alicyclic amines) is 1. The SMILES string of the molecule is CNc1nc(-c2cccc(C(C)N3CCCC3)c2)ccc1N(O)CC(C)(C)C. The van der Waals surface area contributed by atoms with Gasteiger partial charge in [0.25, 0.3) is 0 Å². The van der Waals surface area contributed by atoms with Crippen LogP contribution in [0.1, 0.15) is 52.1 Å². The van der Waals surface area contributed by atoms with Gasteiger partial charge in [-0.3, -0.25) is 15.2 Å². The van der Waals surface area contributed by atoms with Crippen LogP contribution < -0.4 is 10.4 Å². The number of rotatable bonds is 6. The Balaban J connectivity index is 1.86. The van der Waals surface area contributed by atoms with Gasteiger partial charge < -0.3 is 5.32 Å². The molecule has 3 rings (SSSR count). The lowest BCUT2D eigenvalue weighted by Crippen LogP contribution is -2.30. The third-order valence-electron chi connectivity index (χ3n) is 5.37. The molecule has 0 spiro atoms. The molecule has 2 N–H and O–H groups in total. The topological polar surface area (TPSA) is 51.6 Å². The number of hydroxylamine groups is 1. The first-order chi connectivity index (χ1) is 13.3. The highest BCUT2D eigenvalue weighted by Gasteiger charge is 2.21. The quantitative estimate of drug-likeness (QED) is 0.674. The summed E-state index contributed by atoms with van der Waals surface area (Å²) in [7, 11) is 1.84. The predicted octanol–water partition coefficient (Wildman–Crippen LogP) is 5.19. The smallest absolute Gasteiger partial charge is 0.152 e. The van der Waals surface area contributed by atoms with E-state index < -0.39 is 0 Å². The first-order valence-corrected chi connectivity index (χ1v) is 10.3. The van der Waals surface area contributed by atoms with E-state index in [-0.39, 0.29) is 5.41 Å². The van der Waals surface area contributed by atoms with E-state index in [0.717, 1.165) is 11.3 Å². The van der Waals surface area contributed by atoms with Gasteiger partial charge in [0.05, 0.1) is 12.2 Å². The Kier molecular flexibility index (Phi) is 6.26. The molecule has 1 fully saturated rings. The monoisotopic (exact) mass is 382 g/mol. The molecule has 2 heterocycles. The van der Waals surface area contributed by atoms with Crippen molar-refractivity contribution in [1.82, 2.24) is 9.88 Å². The Bertz CT molecular complexity index is 793. The zero-order chi connectivity index (χ0) is 20.3. The predicted molar refractivity (Wildman–Crippen MR) is 117 cm³/mol. The summed E-state index contributed by atoms with van der Waals surface area (Å²) in [5.41, 5.74) is 4.02. The molecular formula is C23H34N4O. The molecule has 1 aliphatic rings. The number of pyridine rings is 1. The average Bonchev–Trinajstić information content (AvgIpc) is 3.20. The van der Waals surface area contributed by atoms with Gasteiger partial charge in [0, 0.05) is 18.7 Å². The van der Waals surface area contributed by atoms with E-state index in [9.17, 15) is 5.21 Å². The van der Waals surface area contributed by atoms with Crippen molar-refractivity contribution in [2.45, 2.75) is 46.6 Å². The number of nitrogens with one attached hydrogen (secondary N) is 1. The molecule has 1 aromatic carbocycles. The van der Waals surface area contributed by atoms with Crippen molar-refractivity contribution >= 4 is 11.5 Å². The third kappa shape index (κ3) is 4.83. The Labute approximate surface area is 169 Å². The molecule has 0 bridgehead atoms. The maximum atomic E-state index is 10.5. The Morgan fingerprint density at radius 2 is 1.89 bits per heavy atom. The summed E-state index contributed by atoms with van der Waals surface area (Å²) in [4.78, 5) is 7.33. The molecule has 1 aliphatic heterocycles. The van der Waals surface area contributed by atoms with Gasteiger partial charge in [-0.2, -0.15) is 0 Å². The molecule has 0 amide bonds. The number of aromatic nitrogens is 1. The van der Waals surface area contributed by atoms with Crippen LogP contribution in [-0.4, -0.2) is 41.8 Å². The van der Waals surface area contributed by atoms with Crippen LogP contribution >= 0.6 is 0 Å². The Morgan fingerprint density at radius 3 is 2.54 bits per heavy atom. The lowest BCUT2D eigenvalue weighted by atomic mass is 9.96. The minimum absolute atomic E-state index is 0.0154. The fourth-order valence-corrected chi connectivity index (χ4v) is 3.84. The normalized spacial score (nSPS) is 16.2. The second kappa shape index (κ2) is 8.50. The first-order valence-electron chi connectivity index (χ1n) is 10.3. The highest BCUT2D eigenvalue weighted by molar-refractivity contribution is 5.71. The molecule has 1 atom stereocenters. The molecule has 0 saturated carbocycles. The molecule has 0 radical (unpaired) electrons. The van der Waals surface area contributed by atoms with Gasteiger partial charge in [-0.1, -0.05) is 39.0 Å². The highest BCUT2D eigenvalue weighted by atomic mass is 16.5. The van der Waals surface area contributed by atoms with Gasteiger partial charge in [-0.15, -0.1) is 0 Å². The van der Waals surface area contributed by atoms with Crippen LogP contribution in [-0.2, 0) is 0 Å². The van der Waals surface area contributed by atoms with Crippen LogP contribution in [0.2, 0.25) is 0 Å². The lowest BCUT2D eigenvalue weighted by Gasteiger charge is -2.27. The summed E-state index contributed by atoms with van der Waals surface area (Å²) in [6.07, 6.45) is 2.59. The Hall–Kier alpha value is -2.11. The van der Waals surface area contributed by atoms with Crippen LogP contribution in [0, 0.1) is 5.41 Å². The number of nitrogens with zero attached hydrogens (tertiary/aromatic N) is 3. The summed E-state index contributed by atoms with van der Waals surface area (Å²) in [5, 5.41) is 14.9. The van der Waals surface area contributed by atoms with Crippen LogP contribution in [0.3, 0.4) is 0 Å². The van der Waals surface area contributed by atoms with E-state index in [0.29, 0.717) is 24.1 Å².